The summed E-state index contributed by atoms with van der Waals surface area (Å²) in [5, 5.41) is 13.3. The molecule has 1 aliphatic heterocycles. The second kappa shape index (κ2) is 7.47. The van der Waals surface area contributed by atoms with Gasteiger partial charge in [0.15, 0.2) is 5.82 Å². The lowest BCUT2D eigenvalue weighted by atomic mass is 10.1. The highest BCUT2D eigenvalue weighted by Gasteiger charge is 2.22. The predicted octanol–water partition coefficient (Wildman–Crippen LogP) is 3.01. The lowest BCUT2D eigenvalue weighted by molar-refractivity contribution is -0.0150. The van der Waals surface area contributed by atoms with Crippen LogP contribution < -0.4 is 0 Å². The van der Waals surface area contributed by atoms with E-state index in [9.17, 15) is 0 Å². The molecule has 1 fully saturated rings. The molecular formula is C17H21N5O2S. The minimum Gasteiger partial charge on any atom is -0.369 e. The van der Waals surface area contributed by atoms with Crippen molar-refractivity contribution in [3.63, 3.8) is 0 Å². The number of aromatic amines is 1. The van der Waals surface area contributed by atoms with Crippen LogP contribution in [0.15, 0.2) is 28.2 Å². The van der Waals surface area contributed by atoms with Gasteiger partial charge in [0.1, 0.15) is 6.61 Å². The molecule has 3 aromatic rings. The highest BCUT2D eigenvalue weighted by atomic mass is 32.1. The van der Waals surface area contributed by atoms with Crippen LogP contribution in [0.1, 0.15) is 30.1 Å². The summed E-state index contributed by atoms with van der Waals surface area (Å²) in [6.45, 7) is 5.06. The number of H-pyrrole nitrogens is 1. The molecule has 0 radical (unpaired) electrons. The van der Waals surface area contributed by atoms with Gasteiger partial charge in [-0.15, -0.1) is 11.3 Å². The van der Waals surface area contributed by atoms with Gasteiger partial charge in [0, 0.05) is 25.6 Å². The molecule has 1 aliphatic rings. The fraction of sp³-hybridized carbons (Fsp3) is 0.471. The molecular weight excluding hydrogens is 338 g/mol. The van der Waals surface area contributed by atoms with E-state index in [4.69, 9.17) is 9.26 Å². The molecule has 0 aromatic carbocycles. The van der Waals surface area contributed by atoms with Crippen LogP contribution in [0, 0.1) is 6.92 Å². The number of aryl methyl sites for hydroxylation is 1. The summed E-state index contributed by atoms with van der Waals surface area (Å²) < 4.78 is 11.0. The summed E-state index contributed by atoms with van der Waals surface area (Å²) in [4.78, 5) is 7.84. The lowest BCUT2D eigenvalue weighted by Gasteiger charge is -2.32. The summed E-state index contributed by atoms with van der Waals surface area (Å²) in [5.74, 6) is 1.19. The Morgan fingerprint density at radius 3 is 3.24 bits per heavy atom. The fourth-order valence-corrected chi connectivity index (χ4v) is 3.95. The molecule has 0 spiro atoms. The van der Waals surface area contributed by atoms with Gasteiger partial charge in [0.2, 0.25) is 5.89 Å². The maximum atomic E-state index is 5.99. The van der Waals surface area contributed by atoms with Crippen molar-refractivity contribution in [3.8, 4) is 10.6 Å². The van der Waals surface area contributed by atoms with Gasteiger partial charge in [-0.1, -0.05) is 11.2 Å². The van der Waals surface area contributed by atoms with E-state index in [1.807, 2.05) is 6.20 Å². The van der Waals surface area contributed by atoms with Crippen molar-refractivity contribution in [2.24, 2.45) is 0 Å². The Balaban J connectivity index is 1.35. The fourth-order valence-electron chi connectivity index (χ4n) is 3.19. The Bertz CT molecular complexity index is 798. The number of ether oxygens (including phenoxy) is 1. The van der Waals surface area contributed by atoms with Gasteiger partial charge in [-0.25, -0.2) is 0 Å². The molecule has 0 amide bonds. The molecule has 8 heteroatoms. The number of nitrogens with one attached hydrogen (secondary N) is 1. The van der Waals surface area contributed by atoms with Crippen LogP contribution in [0.5, 0.6) is 0 Å². The third kappa shape index (κ3) is 3.97. The van der Waals surface area contributed by atoms with E-state index < -0.39 is 0 Å². The zero-order chi connectivity index (χ0) is 17.1. The number of likely N-dealkylation sites (tertiary alicyclic amines) is 1. The third-order valence-corrected chi connectivity index (χ3v) is 5.25. The molecule has 3 aromatic heterocycles. The number of piperidine rings is 1. The van der Waals surface area contributed by atoms with Crippen LogP contribution in [-0.4, -0.2) is 44.4 Å². The van der Waals surface area contributed by atoms with Gasteiger partial charge in [-0.05, 0) is 30.8 Å². The lowest BCUT2D eigenvalue weighted by Crippen LogP contribution is -2.39. The van der Waals surface area contributed by atoms with Crippen molar-refractivity contribution < 1.29 is 9.26 Å². The maximum Gasteiger partial charge on any atom is 0.223 e. The number of aromatic nitrogens is 4. The maximum absolute atomic E-state index is 5.99. The molecule has 1 atom stereocenters. The van der Waals surface area contributed by atoms with Crippen molar-refractivity contribution in [2.45, 2.75) is 39.0 Å². The predicted molar refractivity (Wildman–Crippen MR) is 94.0 cm³/mol. The van der Waals surface area contributed by atoms with Gasteiger partial charge in [-0.3, -0.25) is 10.00 Å². The third-order valence-electron chi connectivity index (χ3n) is 4.36. The average Bonchev–Trinajstić information content (AvgIpc) is 3.35. The second-order valence-electron chi connectivity index (χ2n) is 6.29. The van der Waals surface area contributed by atoms with Crippen molar-refractivity contribution >= 4 is 11.3 Å². The molecule has 0 saturated carbocycles. The molecule has 25 heavy (non-hydrogen) atoms. The van der Waals surface area contributed by atoms with Gasteiger partial charge in [-0.2, -0.15) is 10.1 Å². The first-order valence-corrected chi connectivity index (χ1v) is 9.35. The second-order valence-corrected chi connectivity index (χ2v) is 7.24. The molecule has 0 bridgehead atoms. The largest absolute Gasteiger partial charge is 0.369 e. The molecule has 1 saturated heterocycles. The van der Waals surface area contributed by atoms with E-state index in [2.05, 4.69) is 42.8 Å². The summed E-state index contributed by atoms with van der Waals surface area (Å²) in [5.41, 5.74) is 2.36. The summed E-state index contributed by atoms with van der Waals surface area (Å²) in [6, 6.07) is 4.19. The Kier molecular flexibility index (Phi) is 4.91. The van der Waals surface area contributed by atoms with Gasteiger partial charge < -0.3 is 9.26 Å². The monoisotopic (exact) mass is 359 g/mol. The van der Waals surface area contributed by atoms with Crippen LogP contribution in [0.25, 0.3) is 10.6 Å². The molecule has 4 rings (SSSR count). The standard InChI is InChI=1S/C17H21N5O2S/c1-12-19-16(21-24-12)11-23-14-4-2-6-22(10-14)9-13-8-18-20-17(13)15-5-3-7-25-15/h3,5,7-8,14H,2,4,6,9-11H2,1H3,(H,18,20). The zero-order valence-electron chi connectivity index (χ0n) is 14.1. The van der Waals surface area contributed by atoms with Crippen LogP contribution in [0.3, 0.4) is 0 Å². The van der Waals surface area contributed by atoms with E-state index in [0.29, 0.717) is 18.3 Å². The SMILES string of the molecule is Cc1nc(COC2CCCN(Cc3cn[nH]c3-c3cccs3)C2)no1. The van der Waals surface area contributed by atoms with E-state index in [1.54, 1.807) is 18.3 Å². The Labute approximate surface area is 150 Å². The van der Waals surface area contributed by atoms with Crippen molar-refractivity contribution in [1.29, 1.82) is 0 Å². The molecule has 132 valence electrons. The summed E-state index contributed by atoms with van der Waals surface area (Å²) in [6.07, 6.45) is 4.32. The minimum absolute atomic E-state index is 0.199. The number of rotatable bonds is 6. The molecule has 1 unspecified atom stereocenters. The van der Waals surface area contributed by atoms with Crippen LogP contribution in [-0.2, 0) is 17.9 Å². The number of hydrogen-bond donors (Lipinski definition) is 1. The highest BCUT2D eigenvalue weighted by molar-refractivity contribution is 7.13. The average molecular weight is 359 g/mol. The van der Waals surface area contributed by atoms with Gasteiger partial charge in [0.25, 0.3) is 0 Å². The minimum atomic E-state index is 0.199. The van der Waals surface area contributed by atoms with E-state index in [-0.39, 0.29) is 6.10 Å². The van der Waals surface area contributed by atoms with Crippen LogP contribution in [0.2, 0.25) is 0 Å². The topological polar surface area (TPSA) is 80.1 Å². The Hall–Kier alpha value is -2.03. The highest BCUT2D eigenvalue weighted by Crippen LogP contribution is 2.27. The quantitative estimate of drug-likeness (QED) is 0.729. The van der Waals surface area contributed by atoms with Crippen molar-refractivity contribution in [2.75, 3.05) is 13.1 Å². The van der Waals surface area contributed by atoms with Crippen LogP contribution >= 0.6 is 11.3 Å². The zero-order valence-corrected chi connectivity index (χ0v) is 15.0. The summed E-state index contributed by atoms with van der Waals surface area (Å²) in [7, 11) is 0. The van der Waals surface area contributed by atoms with Gasteiger partial charge >= 0.3 is 0 Å². The van der Waals surface area contributed by atoms with E-state index in [0.717, 1.165) is 38.2 Å². The number of hydrogen-bond acceptors (Lipinski definition) is 7. The van der Waals surface area contributed by atoms with E-state index in [1.165, 1.54) is 10.4 Å². The molecule has 7 nitrogen and oxygen atoms in total. The number of thiophene rings is 1. The smallest absolute Gasteiger partial charge is 0.223 e. The first-order chi connectivity index (χ1) is 12.3. The van der Waals surface area contributed by atoms with E-state index >= 15 is 0 Å². The van der Waals surface area contributed by atoms with Crippen LogP contribution in [0.4, 0.5) is 0 Å². The Morgan fingerprint density at radius 1 is 1.48 bits per heavy atom. The normalized spacial score (nSPS) is 18.7. The van der Waals surface area contributed by atoms with Gasteiger partial charge in [0.05, 0.1) is 22.9 Å². The molecule has 4 heterocycles. The molecule has 0 aliphatic carbocycles. The number of nitrogens with zero attached hydrogens (tertiary/aromatic N) is 4. The Morgan fingerprint density at radius 2 is 2.44 bits per heavy atom. The molecule has 1 N–H and O–H groups in total. The summed E-state index contributed by atoms with van der Waals surface area (Å²) >= 11 is 1.73. The van der Waals surface area contributed by atoms with Crippen molar-refractivity contribution in [1.82, 2.24) is 25.2 Å². The first-order valence-electron chi connectivity index (χ1n) is 8.47. The van der Waals surface area contributed by atoms with Crippen molar-refractivity contribution in [3.05, 3.63) is 41.0 Å². The first kappa shape index (κ1) is 16.4.